The molecule has 2 aliphatic rings. The highest BCUT2D eigenvalue weighted by atomic mass is 16.5. The van der Waals surface area contributed by atoms with E-state index in [0.717, 1.165) is 26.1 Å². The molecule has 36 heavy (non-hydrogen) atoms. The molecule has 0 aromatic carbocycles. The molecule has 0 aliphatic carbocycles. The number of likely N-dealkylation sites (N-methyl/N-ethyl adjacent to an activating group) is 1. The molecule has 0 bridgehead atoms. The third kappa shape index (κ3) is 12.1. The molecule has 3 rings (SSSR count). The zero-order valence-electron chi connectivity index (χ0n) is 19.4. The minimum atomic E-state index is -1.26. The van der Waals surface area contributed by atoms with Crippen LogP contribution < -0.4 is 4.74 Å². The Morgan fingerprint density at radius 3 is 1.94 bits per heavy atom. The van der Waals surface area contributed by atoms with E-state index >= 15 is 0 Å². The van der Waals surface area contributed by atoms with Gasteiger partial charge >= 0.3 is 23.9 Å². The van der Waals surface area contributed by atoms with Gasteiger partial charge in [0.1, 0.15) is 11.7 Å². The second kappa shape index (κ2) is 15.4. The lowest BCUT2D eigenvalue weighted by Gasteiger charge is -2.22. The molecule has 0 fully saturated rings. The maximum atomic E-state index is 12.2. The van der Waals surface area contributed by atoms with Crippen LogP contribution in [0, 0.1) is 0 Å². The average Bonchev–Trinajstić information content (AvgIpc) is 3.30. The van der Waals surface area contributed by atoms with Crippen molar-refractivity contribution in [1.29, 1.82) is 0 Å². The molecule has 1 amide bonds. The molecular weight excluding hydrogens is 478 g/mol. The zero-order chi connectivity index (χ0) is 27.1. The van der Waals surface area contributed by atoms with Gasteiger partial charge < -0.3 is 30.1 Å². The number of carbonyl (C=O) groups excluding carboxylic acids is 1. The van der Waals surface area contributed by atoms with Crippen molar-refractivity contribution < 1.29 is 49.1 Å². The number of carboxylic acids is 4. The second-order valence-electron chi connectivity index (χ2n) is 7.32. The zero-order valence-corrected chi connectivity index (χ0v) is 19.4. The molecule has 0 saturated carbocycles. The number of rotatable bonds is 7. The van der Waals surface area contributed by atoms with Crippen molar-refractivity contribution in [3.05, 3.63) is 60.3 Å². The molecule has 194 valence electrons. The van der Waals surface area contributed by atoms with Crippen LogP contribution in [0.25, 0.3) is 0 Å². The van der Waals surface area contributed by atoms with E-state index in [2.05, 4.69) is 22.0 Å². The molecule has 1 aromatic heterocycles. The smallest absolute Gasteiger partial charge is 0.328 e. The Kier molecular flexibility index (Phi) is 12.6. The Bertz CT molecular complexity index is 961. The van der Waals surface area contributed by atoms with Crippen molar-refractivity contribution in [1.82, 2.24) is 14.8 Å². The summed E-state index contributed by atoms with van der Waals surface area (Å²) in [6, 6.07) is 3.54. The third-order valence-corrected chi connectivity index (χ3v) is 4.50. The van der Waals surface area contributed by atoms with Crippen LogP contribution in [0.1, 0.15) is 16.8 Å². The Labute approximate surface area is 206 Å². The van der Waals surface area contributed by atoms with Gasteiger partial charge in [-0.15, -0.1) is 0 Å². The highest BCUT2D eigenvalue weighted by Gasteiger charge is 2.27. The van der Waals surface area contributed by atoms with Gasteiger partial charge in [-0.3, -0.25) is 9.69 Å². The van der Waals surface area contributed by atoms with Gasteiger partial charge in [0.15, 0.2) is 0 Å². The molecule has 13 heteroatoms. The normalized spacial score (nSPS) is 16.8. The Hall–Kier alpha value is -4.52. The summed E-state index contributed by atoms with van der Waals surface area (Å²) in [5.41, 5.74) is 0.556. The number of aromatic nitrogens is 1. The van der Waals surface area contributed by atoms with Gasteiger partial charge in [0.2, 0.25) is 5.88 Å². The first-order valence-corrected chi connectivity index (χ1v) is 10.5. The van der Waals surface area contributed by atoms with E-state index in [-0.39, 0.29) is 12.0 Å². The van der Waals surface area contributed by atoms with Crippen LogP contribution in [0.3, 0.4) is 0 Å². The van der Waals surface area contributed by atoms with Gasteiger partial charge in [0.05, 0.1) is 6.54 Å². The molecule has 0 saturated heterocycles. The number of ether oxygens (including phenoxy) is 1. The monoisotopic (exact) mass is 505 g/mol. The fourth-order valence-corrected chi connectivity index (χ4v) is 2.90. The molecule has 0 spiro atoms. The van der Waals surface area contributed by atoms with Gasteiger partial charge in [0.25, 0.3) is 5.91 Å². The minimum Gasteiger partial charge on any atom is -0.478 e. The number of amides is 1. The number of nitrogens with zero attached hydrogens (tertiary/aromatic N) is 3. The summed E-state index contributed by atoms with van der Waals surface area (Å²) in [6.07, 6.45) is 9.16. The number of aliphatic carboxylic acids is 4. The fourth-order valence-electron chi connectivity index (χ4n) is 2.90. The predicted octanol–water partition coefficient (Wildman–Crippen LogP) is 0.600. The predicted molar refractivity (Wildman–Crippen MR) is 125 cm³/mol. The van der Waals surface area contributed by atoms with Crippen LogP contribution in [0.15, 0.2) is 54.8 Å². The number of hydrogen-bond donors (Lipinski definition) is 4. The summed E-state index contributed by atoms with van der Waals surface area (Å²) in [4.78, 5) is 58.7. The molecule has 13 nitrogen and oxygen atoms in total. The van der Waals surface area contributed by atoms with Crippen molar-refractivity contribution >= 4 is 29.8 Å². The number of pyridine rings is 1. The second-order valence-corrected chi connectivity index (χ2v) is 7.32. The SMILES string of the molecule is CN1CC(CCN2CC=CC2)Oc2ncccc2C1=O.O=C(O)/C=C/C(=O)O.O=C(O)/C=C/C(=O)O. The van der Waals surface area contributed by atoms with Gasteiger partial charge in [-0.25, -0.2) is 24.2 Å². The lowest BCUT2D eigenvalue weighted by Crippen LogP contribution is -2.36. The van der Waals surface area contributed by atoms with Crippen LogP contribution >= 0.6 is 0 Å². The summed E-state index contributed by atoms with van der Waals surface area (Å²) in [5, 5.41) is 31.2. The Morgan fingerprint density at radius 1 is 0.972 bits per heavy atom. The quantitative estimate of drug-likeness (QED) is 0.298. The maximum Gasteiger partial charge on any atom is 0.328 e. The Morgan fingerprint density at radius 2 is 1.47 bits per heavy atom. The Balaban J connectivity index is 0.000000337. The maximum absolute atomic E-state index is 12.2. The molecule has 0 radical (unpaired) electrons. The molecule has 2 aliphatic heterocycles. The molecule has 1 unspecified atom stereocenters. The van der Waals surface area contributed by atoms with Crippen LogP contribution in [0.5, 0.6) is 5.88 Å². The van der Waals surface area contributed by atoms with E-state index in [1.54, 1.807) is 23.2 Å². The van der Waals surface area contributed by atoms with Crippen LogP contribution in [0.4, 0.5) is 0 Å². The van der Waals surface area contributed by atoms with Crippen LogP contribution in [-0.4, -0.2) is 104 Å². The van der Waals surface area contributed by atoms with Crippen LogP contribution in [0.2, 0.25) is 0 Å². The number of hydrogen-bond acceptors (Lipinski definition) is 8. The average molecular weight is 505 g/mol. The summed E-state index contributed by atoms with van der Waals surface area (Å²) in [6.45, 7) is 3.60. The standard InChI is InChI=1S/C15H19N3O2.2C4H4O4/c1-17-11-12(6-10-18-8-2-3-9-18)20-14-13(15(17)19)5-4-7-16-14;2*5-3(6)1-2-4(7)8/h2-5,7,12H,6,8-11H2,1H3;2*1-2H,(H,5,6)(H,7,8)/b;2*2-1+. The number of carboxylic acid groups (broad SMARTS) is 4. The lowest BCUT2D eigenvalue weighted by atomic mass is 10.2. The largest absolute Gasteiger partial charge is 0.478 e. The topological polar surface area (TPSA) is 195 Å². The lowest BCUT2D eigenvalue weighted by molar-refractivity contribution is -0.134. The summed E-state index contributed by atoms with van der Waals surface area (Å²) in [7, 11) is 1.82. The van der Waals surface area contributed by atoms with E-state index in [4.69, 9.17) is 25.2 Å². The molecule has 4 N–H and O–H groups in total. The van der Waals surface area contributed by atoms with Gasteiger partial charge in [-0.2, -0.15) is 0 Å². The third-order valence-electron chi connectivity index (χ3n) is 4.50. The van der Waals surface area contributed by atoms with E-state index in [1.807, 2.05) is 7.05 Å². The number of fused-ring (bicyclic) bond motifs is 1. The van der Waals surface area contributed by atoms with Crippen molar-refractivity contribution in [3.8, 4) is 5.88 Å². The van der Waals surface area contributed by atoms with E-state index in [0.29, 0.717) is 42.3 Å². The first kappa shape index (κ1) is 29.5. The first-order valence-electron chi connectivity index (χ1n) is 10.5. The van der Waals surface area contributed by atoms with Crippen molar-refractivity contribution in [2.75, 3.05) is 33.2 Å². The molecule has 1 atom stereocenters. The summed E-state index contributed by atoms with van der Waals surface area (Å²) >= 11 is 0. The van der Waals surface area contributed by atoms with Crippen LogP contribution in [-0.2, 0) is 19.2 Å². The van der Waals surface area contributed by atoms with E-state index in [1.165, 1.54) is 0 Å². The molecular formula is C23H27N3O10. The van der Waals surface area contributed by atoms with Gasteiger partial charge in [-0.05, 0) is 18.6 Å². The van der Waals surface area contributed by atoms with Crippen molar-refractivity contribution in [2.45, 2.75) is 12.5 Å². The highest BCUT2D eigenvalue weighted by Crippen LogP contribution is 2.22. The summed E-state index contributed by atoms with van der Waals surface area (Å²) in [5.74, 6) is -4.58. The summed E-state index contributed by atoms with van der Waals surface area (Å²) < 4.78 is 5.94. The van der Waals surface area contributed by atoms with Crippen molar-refractivity contribution in [3.63, 3.8) is 0 Å². The highest BCUT2D eigenvalue weighted by molar-refractivity contribution is 5.96. The molecule has 1 aromatic rings. The number of carbonyl (C=O) groups is 5. The first-order chi connectivity index (χ1) is 17.0. The van der Waals surface area contributed by atoms with Gasteiger partial charge in [0, 0.05) is 57.2 Å². The van der Waals surface area contributed by atoms with Gasteiger partial charge in [-0.1, -0.05) is 12.2 Å². The van der Waals surface area contributed by atoms with Crippen molar-refractivity contribution in [2.24, 2.45) is 0 Å². The van der Waals surface area contributed by atoms with E-state index in [9.17, 15) is 24.0 Å². The minimum absolute atomic E-state index is 0.000648. The van der Waals surface area contributed by atoms with E-state index < -0.39 is 23.9 Å². The fraction of sp³-hybridized carbons (Fsp3) is 0.304. The molecule has 3 heterocycles.